The molecule has 1 heterocycles. The molecule has 1 N–H and O–H groups in total. The zero-order valence-corrected chi connectivity index (χ0v) is 13.8. The highest BCUT2D eigenvalue weighted by molar-refractivity contribution is 9.11. The fraction of sp³-hybridized carbons (Fsp3) is 0.214. The van der Waals surface area contributed by atoms with Crippen molar-refractivity contribution in [1.29, 1.82) is 0 Å². The van der Waals surface area contributed by atoms with Crippen LogP contribution in [0.2, 0.25) is 0 Å². The molecule has 2 rings (SSSR count). The summed E-state index contributed by atoms with van der Waals surface area (Å²) in [4.78, 5) is 4.32. The second-order valence-corrected chi connectivity index (χ2v) is 6.05. The highest BCUT2D eigenvalue weighted by Gasteiger charge is 2.18. The van der Waals surface area contributed by atoms with Crippen LogP contribution in [0.5, 0.6) is 0 Å². The maximum atomic E-state index is 13.7. The third kappa shape index (κ3) is 3.42. The van der Waals surface area contributed by atoms with Crippen LogP contribution in [0.3, 0.4) is 0 Å². The maximum Gasteiger partial charge on any atom is 0.162 e. The van der Waals surface area contributed by atoms with Crippen LogP contribution in [0, 0.1) is 11.6 Å². The Labute approximate surface area is 132 Å². The van der Waals surface area contributed by atoms with Crippen LogP contribution in [-0.4, -0.2) is 12.0 Å². The molecule has 0 aliphatic rings. The molecular weight excluding hydrogens is 394 g/mol. The number of nitrogens with zero attached hydrogens (tertiary/aromatic N) is 1. The van der Waals surface area contributed by atoms with Gasteiger partial charge < -0.3 is 5.32 Å². The van der Waals surface area contributed by atoms with E-state index in [0.717, 1.165) is 20.7 Å². The Morgan fingerprint density at radius 3 is 2.70 bits per heavy atom. The zero-order valence-electron chi connectivity index (χ0n) is 10.6. The van der Waals surface area contributed by atoms with E-state index in [0.29, 0.717) is 12.0 Å². The summed E-state index contributed by atoms with van der Waals surface area (Å²) in [5.41, 5.74) is 1.07. The van der Waals surface area contributed by atoms with E-state index in [-0.39, 0.29) is 6.04 Å². The van der Waals surface area contributed by atoms with E-state index < -0.39 is 11.6 Å². The second kappa shape index (κ2) is 6.74. The molecule has 0 amide bonds. The van der Waals surface area contributed by atoms with E-state index in [4.69, 9.17) is 0 Å². The summed E-state index contributed by atoms with van der Waals surface area (Å²) in [6.45, 7) is 0. The summed E-state index contributed by atoms with van der Waals surface area (Å²) < 4.78 is 28.6. The minimum atomic E-state index is -0.833. The van der Waals surface area contributed by atoms with Gasteiger partial charge in [-0.3, -0.25) is 4.98 Å². The number of hydrogen-bond acceptors (Lipinski definition) is 2. The van der Waals surface area contributed by atoms with Crippen LogP contribution in [0.15, 0.2) is 39.4 Å². The Bertz CT molecular complexity index is 620. The number of pyridine rings is 1. The van der Waals surface area contributed by atoms with E-state index in [1.54, 1.807) is 19.3 Å². The van der Waals surface area contributed by atoms with Crippen LogP contribution in [0.1, 0.15) is 17.3 Å². The predicted octanol–water partition coefficient (Wildman–Crippen LogP) is 4.39. The summed E-state index contributed by atoms with van der Waals surface area (Å²) in [7, 11) is 1.76. The van der Waals surface area contributed by atoms with Gasteiger partial charge in [0.05, 0.1) is 11.7 Å². The lowest BCUT2D eigenvalue weighted by molar-refractivity contribution is 0.484. The van der Waals surface area contributed by atoms with Gasteiger partial charge in [-0.25, -0.2) is 8.78 Å². The van der Waals surface area contributed by atoms with Gasteiger partial charge in [-0.15, -0.1) is 0 Å². The topological polar surface area (TPSA) is 24.9 Å². The smallest absolute Gasteiger partial charge is 0.162 e. The quantitative estimate of drug-likeness (QED) is 0.815. The first-order valence-electron chi connectivity index (χ1n) is 5.94. The number of likely N-dealkylation sites (N-methyl/N-ethyl adjacent to an activating group) is 1. The fourth-order valence-electron chi connectivity index (χ4n) is 1.94. The molecule has 20 heavy (non-hydrogen) atoms. The Kier molecular flexibility index (Phi) is 5.23. The monoisotopic (exact) mass is 404 g/mol. The molecule has 0 aliphatic heterocycles. The summed E-state index contributed by atoms with van der Waals surface area (Å²) in [6.07, 6.45) is 1.99. The number of halogens is 4. The van der Waals surface area contributed by atoms with Crippen LogP contribution in [-0.2, 0) is 6.42 Å². The van der Waals surface area contributed by atoms with Crippen molar-refractivity contribution in [3.05, 3.63) is 62.3 Å². The molecule has 1 unspecified atom stereocenters. The number of benzene rings is 1. The van der Waals surface area contributed by atoms with E-state index >= 15 is 0 Å². The number of rotatable bonds is 4. The van der Waals surface area contributed by atoms with Crippen LogP contribution in [0.25, 0.3) is 0 Å². The second-order valence-electron chi connectivity index (χ2n) is 4.28. The molecule has 6 heteroatoms. The maximum absolute atomic E-state index is 13.7. The standard InChI is InChI=1S/C14H12Br2F2N2/c1-19-12(14-10(16)6-9(15)7-20-14)5-8-3-2-4-11(17)13(8)18/h2-4,6-7,12,19H,5H2,1H3. The SMILES string of the molecule is CNC(Cc1cccc(F)c1F)c1ncc(Br)cc1Br. The summed E-state index contributed by atoms with van der Waals surface area (Å²) in [5, 5.41) is 3.08. The van der Waals surface area contributed by atoms with Crippen molar-refractivity contribution in [2.45, 2.75) is 12.5 Å². The first kappa shape index (κ1) is 15.5. The molecule has 1 aromatic carbocycles. The van der Waals surface area contributed by atoms with Crippen molar-refractivity contribution in [3.63, 3.8) is 0 Å². The van der Waals surface area contributed by atoms with Gasteiger partial charge in [-0.1, -0.05) is 12.1 Å². The molecule has 0 fully saturated rings. The third-order valence-electron chi connectivity index (χ3n) is 2.97. The van der Waals surface area contributed by atoms with Crippen molar-refractivity contribution in [1.82, 2.24) is 10.3 Å². The molecule has 0 aliphatic carbocycles. The van der Waals surface area contributed by atoms with Crippen LogP contribution in [0.4, 0.5) is 8.78 Å². The van der Waals surface area contributed by atoms with Gasteiger partial charge in [0.2, 0.25) is 0 Å². The lowest BCUT2D eigenvalue weighted by Crippen LogP contribution is -2.21. The molecule has 0 bridgehead atoms. The van der Waals surface area contributed by atoms with Crippen molar-refractivity contribution >= 4 is 31.9 Å². The van der Waals surface area contributed by atoms with E-state index in [1.807, 2.05) is 6.07 Å². The minimum absolute atomic E-state index is 0.214. The zero-order chi connectivity index (χ0) is 14.7. The molecule has 106 valence electrons. The Hall–Kier alpha value is -0.850. The van der Waals surface area contributed by atoms with E-state index in [1.165, 1.54) is 6.07 Å². The molecule has 0 spiro atoms. The van der Waals surface area contributed by atoms with E-state index in [2.05, 4.69) is 42.2 Å². The van der Waals surface area contributed by atoms with Gasteiger partial charge >= 0.3 is 0 Å². The van der Waals surface area contributed by atoms with Gasteiger partial charge in [-0.05, 0) is 63.0 Å². The van der Waals surface area contributed by atoms with Crippen LogP contribution >= 0.6 is 31.9 Å². The molecule has 1 atom stereocenters. The highest BCUT2D eigenvalue weighted by Crippen LogP contribution is 2.27. The minimum Gasteiger partial charge on any atom is -0.311 e. The number of nitrogens with one attached hydrogen (secondary N) is 1. The Morgan fingerprint density at radius 2 is 2.05 bits per heavy atom. The molecule has 1 aromatic heterocycles. The average molecular weight is 406 g/mol. The molecule has 0 saturated carbocycles. The van der Waals surface area contributed by atoms with Crippen molar-refractivity contribution in [3.8, 4) is 0 Å². The third-order valence-corrected chi connectivity index (χ3v) is 4.04. The first-order valence-corrected chi connectivity index (χ1v) is 7.52. The summed E-state index contributed by atoms with van der Waals surface area (Å²) >= 11 is 6.77. The molecule has 2 aromatic rings. The number of aromatic nitrogens is 1. The largest absolute Gasteiger partial charge is 0.311 e. The van der Waals surface area contributed by atoms with Gasteiger partial charge in [0.25, 0.3) is 0 Å². The van der Waals surface area contributed by atoms with Gasteiger partial charge in [0.1, 0.15) is 0 Å². The van der Waals surface area contributed by atoms with Gasteiger partial charge in [0, 0.05) is 15.1 Å². The van der Waals surface area contributed by atoms with Crippen LogP contribution < -0.4 is 5.32 Å². The Balaban J connectivity index is 2.31. The lowest BCUT2D eigenvalue weighted by Gasteiger charge is -2.17. The van der Waals surface area contributed by atoms with Gasteiger partial charge in [-0.2, -0.15) is 0 Å². The van der Waals surface area contributed by atoms with Crippen molar-refractivity contribution in [2.24, 2.45) is 0 Å². The summed E-state index contributed by atoms with van der Waals surface area (Å²) in [5.74, 6) is -1.64. The lowest BCUT2D eigenvalue weighted by atomic mass is 10.0. The fourth-order valence-corrected chi connectivity index (χ4v) is 3.21. The average Bonchev–Trinajstić information content (AvgIpc) is 2.41. The molecule has 0 saturated heterocycles. The normalized spacial score (nSPS) is 12.4. The molecular formula is C14H12Br2F2N2. The molecule has 2 nitrogen and oxygen atoms in total. The summed E-state index contributed by atoms with van der Waals surface area (Å²) in [6, 6.07) is 5.85. The predicted molar refractivity (Wildman–Crippen MR) is 81.5 cm³/mol. The van der Waals surface area contributed by atoms with Gasteiger partial charge in [0.15, 0.2) is 11.6 Å². The Morgan fingerprint density at radius 1 is 1.30 bits per heavy atom. The first-order chi connectivity index (χ1) is 9.52. The molecule has 0 radical (unpaired) electrons. The van der Waals surface area contributed by atoms with E-state index in [9.17, 15) is 8.78 Å². The van der Waals surface area contributed by atoms with Crippen molar-refractivity contribution < 1.29 is 8.78 Å². The highest BCUT2D eigenvalue weighted by atomic mass is 79.9. The van der Waals surface area contributed by atoms with Crippen molar-refractivity contribution in [2.75, 3.05) is 7.05 Å². The number of hydrogen-bond donors (Lipinski definition) is 1.